The molecule has 0 amide bonds. The molecule has 0 N–H and O–H groups in total. The molecule has 48 heavy (non-hydrogen) atoms. The van der Waals surface area contributed by atoms with Gasteiger partial charge in [0.2, 0.25) is 0 Å². The SMILES string of the molecule is N#Cc1ccc(-c2cccc(-c3ccc(-c4ccccc4)nn3)c2)cc1-c1cccc(-c2nc(-c3ccccc3)c3ccccc3n2)c1. The molecule has 8 rings (SSSR count). The smallest absolute Gasteiger partial charge is 0.160 e. The van der Waals surface area contributed by atoms with Gasteiger partial charge in [0.1, 0.15) is 0 Å². The summed E-state index contributed by atoms with van der Waals surface area (Å²) in [6.07, 6.45) is 0. The Balaban J connectivity index is 1.16. The first kappa shape index (κ1) is 28.7. The number of hydrogen-bond acceptors (Lipinski definition) is 5. The van der Waals surface area contributed by atoms with Crippen molar-refractivity contribution in [3.8, 4) is 73.5 Å². The van der Waals surface area contributed by atoms with E-state index < -0.39 is 0 Å². The third kappa shape index (κ3) is 5.60. The van der Waals surface area contributed by atoms with E-state index in [4.69, 9.17) is 9.97 Å². The largest absolute Gasteiger partial charge is 0.228 e. The lowest BCUT2D eigenvalue weighted by atomic mass is 9.93. The molecule has 0 unspecified atom stereocenters. The van der Waals surface area contributed by atoms with E-state index in [1.807, 2.05) is 121 Å². The van der Waals surface area contributed by atoms with Gasteiger partial charge in [-0.1, -0.05) is 121 Å². The topological polar surface area (TPSA) is 75.3 Å². The normalized spacial score (nSPS) is 10.9. The van der Waals surface area contributed by atoms with Gasteiger partial charge in [-0.2, -0.15) is 5.26 Å². The minimum absolute atomic E-state index is 0.596. The molecule has 0 saturated heterocycles. The summed E-state index contributed by atoms with van der Waals surface area (Å²) in [5.74, 6) is 0.635. The maximum Gasteiger partial charge on any atom is 0.160 e. The fourth-order valence-corrected chi connectivity index (χ4v) is 6.01. The van der Waals surface area contributed by atoms with Crippen LogP contribution in [0.15, 0.2) is 164 Å². The second-order valence-corrected chi connectivity index (χ2v) is 11.5. The molecule has 0 aliphatic rings. The van der Waals surface area contributed by atoms with Crippen molar-refractivity contribution in [3.63, 3.8) is 0 Å². The fourth-order valence-electron chi connectivity index (χ4n) is 6.01. The van der Waals surface area contributed by atoms with Gasteiger partial charge in [0.15, 0.2) is 5.82 Å². The van der Waals surface area contributed by atoms with Crippen molar-refractivity contribution in [1.29, 1.82) is 5.26 Å². The second kappa shape index (κ2) is 12.6. The monoisotopic (exact) mass is 613 g/mol. The van der Waals surface area contributed by atoms with Gasteiger partial charge in [0, 0.05) is 33.2 Å². The van der Waals surface area contributed by atoms with Gasteiger partial charge in [0.05, 0.1) is 34.2 Å². The molecule has 0 atom stereocenters. The van der Waals surface area contributed by atoms with Gasteiger partial charge in [-0.25, -0.2) is 9.97 Å². The highest BCUT2D eigenvalue weighted by Crippen LogP contribution is 2.34. The number of para-hydroxylation sites is 1. The number of hydrogen-bond donors (Lipinski definition) is 0. The third-order valence-electron chi connectivity index (χ3n) is 8.45. The molecule has 224 valence electrons. The fraction of sp³-hybridized carbons (Fsp3) is 0. The maximum absolute atomic E-state index is 10.1. The van der Waals surface area contributed by atoms with E-state index in [0.717, 1.165) is 72.5 Å². The predicted octanol–water partition coefficient (Wildman–Crippen LogP) is 10.3. The van der Waals surface area contributed by atoms with Crippen LogP contribution in [0.3, 0.4) is 0 Å². The summed E-state index contributed by atoms with van der Waals surface area (Å²) in [6, 6.07) is 57.0. The van der Waals surface area contributed by atoms with E-state index in [9.17, 15) is 5.26 Å². The highest BCUT2D eigenvalue weighted by Gasteiger charge is 2.14. The number of nitrogens with zero attached hydrogens (tertiary/aromatic N) is 5. The zero-order valence-corrected chi connectivity index (χ0v) is 25.8. The molecule has 0 saturated carbocycles. The van der Waals surface area contributed by atoms with Crippen molar-refractivity contribution in [2.24, 2.45) is 0 Å². The Morgan fingerprint density at radius 1 is 0.417 bits per heavy atom. The molecular weight excluding hydrogens is 587 g/mol. The van der Waals surface area contributed by atoms with Crippen LogP contribution in [0.2, 0.25) is 0 Å². The first-order valence-electron chi connectivity index (χ1n) is 15.7. The van der Waals surface area contributed by atoms with Crippen molar-refractivity contribution < 1.29 is 0 Å². The minimum atomic E-state index is 0.596. The predicted molar refractivity (Wildman–Crippen MR) is 192 cm³/mol. The van der Waals surface area contributed by atoms with E-state index in [2.05, 4.69) is 58.7 Å². The highest BCUT2D eigenvalue weighted by molar-refractivity contribution is 5.94. The van der Waals surface area contributed by atoms with Crippen LogP contribution < -0.4 is 0 Å². The summed E-state index contributed by atoms with van der Waals surface area (Å²) < 4.78 is 0. The van der Waals surface area contributed by atoms with E-state index in [1.165, 1.54) is 0 Å². The van der Waals surface area contributed by atoms with Crippen LogP contribution in [0.1, 0.15) is 5.56 Å². The molecule has 0 radical (unpaired) electrons. The lowest BCUT2D eigenvalue weighted by Crippen LogP contribution is -1.95. The van der Waals surface area contributed by atoms with Crippen molar-refractivity contribution in [1.82, 2.24) is 20.2 Å². The highest BCUT2D eigenvalue weighted by atomic mass is 15.1. The molecule has 6 aromatic carbocycles. The zero-order chi connectivity index (χ0) is 32.3. The van der Waals surface area contributed by atoms with Gasteiger partial charge < -0.3 is 0 Å². The summed E-state index contributed by atoms with van der Waals surface area (Å²) in [4.78, 5) is 10.0. The molecule has 2 heterocycles. The summed E-state index contributed by atoms with van der Waals surface area (Å²) in [6.45, 7) is 0. The molecule has 8 aromatic rings. The van der Waals surface area contributed by atoms with Crippen LogP contribution in [-0.2, 0) is 0 Å². The molecule has 0 aliphatic heterocycles. The molecule has 0 fully saturated rings. The van der Waals surface area contributed by atoms with Gasteiger partial charge in [-0.15, -0.1) is 10.2 Å². The van der Waals surface area contributed by atoms with E-state index in [-0.39, 0.29) is 0 Å². The Labute approximate surface area is 278 Å². The Morgan fingerprint density at radius 2 is 1.00 bits per heavy atom. The van der Waals surface area contributed by atoms with Gasteiger partial charge in [-0.05, 0) is 59.2 Å². The number of aromatic nitrogens is 4. The Hall–Kier alpha value is -6.77. The van der Waals surface area contributed by atoms with Crippen LogP contribution >= 0.6 is 0 Å². The second-order valence-electron chi connectivity index (χ2n) is 11.5. The number of benzene rings is 6. The lowest BCUT2D eigenvalue weighted by Gasteiger charge is -2.12. The molecule has 0 aliphatic carbocycles. The van der Waals surface area contributed by atoms with Crippen LogP contribution in [-0.4, -0.2) is 20.2 Å². The standard InChI is InChI=1S/C43H27N5/c44-28-36-22-21-32(31-15-9-17-34(25-31)40-24-23-39(47-48-40)29-11-3-1-4-12-29)27-38(36)33-16-10-18-35(26-33)43-45-41-20-8-7-19-37(41)42(46-43)30-13-5-2-6-14-30/h1-27H. The van der Waals surface area contributed by atoms with Crippen LogP contribution in [0.5, 0.6) is 0 Å². The lowest BCUT2D eigenvalue weighted by molar-refractivity contribution is 1.04. The summed E-state index contributed by atoms with van der Waals surface area (Å²) in [7, 11) is 0. The number of rotatable bonds is 6. The van der Waals surface area contributed by atoms with E-state index in [0.29, 0.717) is 11.4 Å². The average molecular weight is 614 g/mol. The Bertz CT molecular complexity index is 2450. The van der Waals surface area contributed by atoms with Crippen LogP contribution in [0, 0.1) is 11.3 Å². The Kier molecular flexibility index (Phi) is 7.50. The first-order valence-corrected chi connectivity index (χ1v) is 15.7. The van der Waals surface area contributed by atoms with Gasteiger partial charge in [0.25, 0.3) is 0 Å². The maximum atomic E-state index is 10.1. The zero-order valence-electron chi connectivity index (χ0n) is 25.8. The number of fused-ring (bicyclic) bond motifs is 1. The van der Waals surface area contributed by atoms with Crippen molar-refractivity contribution >= 4 is 10.9 Å². The molecule has 2 aromatic heterocycles. The first-order chi connectivity index (χ1) is 23.7. The minimum Gasteiger partial charge on any atom is -0.228 e. The van der Waals surface area contributed by atoms with Gasteiger partial charge >= 0.3 is 0 Å². The summed E-state index contributed by atoms with van der Waals surface area (Å²) in [5, 5.41) is 20.1. The summed E-state index contributed by atoms with van der Waals surface area (Å²) in [5.41, 5.74) is 11.7. The average Bonchev–Trinajstić information content (AvgIpc) is 3.18. The molecule has 0 spiro atoms. The van der Waals surface area contributed by atoms with Crippen LogP contribution in [0.4, 0.5) is 0 Å². The van der Waals surface area contributed by atoms with Crippen molar-refractivity contribution in [2.45, 2.75) is 0 Å². The van der Waals surface area contributed by atoms with E-state index in [1.54, 1.807) is 0 Å². The quantitative estimate of drug-likeness (QED) is 0.187. The van der Waals surface area contributed by atoms with Crippen molar-refractivity contribution in [3.05, 3.63) is 169 Å². The Morgan fingerprint density at radius 3 is 1.75 bits per heavy atom. The van der Waals surface area contributed by atoms with E-state index >= 15 is 0 Å². The molecular formula is C43H27N5. The van der Waals surface area contributed by atoms with Crippen LogP contribution in [0.25, 0.3) is 78.3 Å². The van der Waals surface area contributed by atoms with Crippen molar-refractivity contribution in [2.75, 3.05) is 0 Å². The molecule has 5 heteroatoms. The van der Waals surface area contributed by atoms with Gasteiger partial charge in [-0.3, -0.25) is 0 Å². The summed E-state index contributed by atoms with van der Waals surface area (Å²) >= 11 is 0. The molecule has 0 bridgehead atoms. The third-order valence-corrected chi connectivity index (χ3v) is 8.45. The molecule has 5 nitrogen and oxygen atoms in total. The number of nitriles is 1.